The molecule has 21 heavy (non-hydrogen) atoms. The summed E-state index contributed by atoms with van der Waals surface area (Å²) in [5.41, 5.74) is 4.12. The maximum atomic E-state index is 6.20. The Morgan fingerprint density at radius 3 is 2.81 bits per heavy atom. The molecule has 2 fully saturated rings. The first-order chi connectivity index (χ1) is 10.2. The first kappa shape index (κ1) is 15.0. The summed E-state index contributed by atoms with van der Waals surface area (Å²) in [7, 11) is 0. The molecule has 2 aliphatic rings. The Morgan fingerprint density at radius 2 is 2.00 bits per heavy atom. The average Bonchev–Trinajstić information content (AvgIpc) is 2.87. The second-order valence-electron chi connectivity index (χ2n) is 6.51. The Hall–Kier alpha value is -0.900. The molecule has 0 bridgehead atoms. The summed E-state index contributed by atoms with van der Waals surface area (Å²) in [6.45, 7) is 6.87. The fourth-order valence-electron chi connectivity index (χ4n) is 3.44. The monoisotopic (exact) mass is 289 g/mol. The van der Waals surface area contributed by atoms with Crippen molar-refractivity contribution in [3.05, 3.63) is 34.9 Å². The van der Waals surface area contributed by atoms with Gasteiger partial charge in [0.05, 0.1) is 12.7 Å². The fourth-order valence-corrected chi connectivity index (χ4v) is 3.44. The second kappa shape index (κ2) is 6.47. The van der Waals surface area contributed by atoms with E-state index in [0.29, 0.717) is 0 Å². The molecule has 3 rings (SSSR count). The zero-order valence-electron chi connectivity index (χ0n) is 13.3. The van der Waals surface area contributed by atoms with E-state index in [1.165, 1.54) is 36.0 Å². The van der Waals surface area contributed by atoms with E-state index in [-0.39, 0.29) is 11.9 Å². The van der Waals surface area contributed by atoms with Gasteiger partial charge in [-0.2, -0.15) is 0 Å². The summed E-state index contributed by atoms with van der Waals surface area (Å²) in [4.78, 5) is 0. The Morgan fingerprint density at radius 1 is 1.19 bits per heavy atom. The van der Waals surface area contributed by atoms with E-state index in [1.54, 1.807) is 0 Å². The molecule has 3 heteroatoms. The van der Waals surface area contributed by atoms with Crippen LogP contribution in [0.2, 0.25) is 0 Å². The SMILES string of the molecule is Cc1cccc(CNCC2COC3(CCCCC3)O2)c1C. The summed E-state index contributed by atoms with van der Waals surface area (Å²) in [5, 5.41) is 3.53. The van der Waals surface area contributed by atoms with Crippen molar-refractivity contribution in [1.82, 2.24) is 5.32 Å². The topological polar surface area (TPSA) is 30.5 Å². The van der Waals surface area contributed by atoms with Gasteiger partial charge in [0.1, 0.15) is 0 Å². The maximum absolute atomic E-state index is 6.20. The molecule has 1 atom stereocenters. The van der Waals surface area contributed by atoms with Crippen LogP contribution in [-0.2, 0) is 16.0 Å². The summed E-state index contributed by atoms with van der Waals surface area (Å²) in [5.74, 6) is -0.246. The van der Waals surface area contributed by atoms with Gasteiger partial charge in [0.2, 0.25) is 0 Å². The van der Waals surface area contributed by atoms with E-state index in [9.17, 15) is 0 Å². The minimum absolute atomic E-state index is 0.202. The van der Waals surface area contributed by atoms with E-state index in [1.807, 2.05) is 0 Å². The quantitative estimate of drug-likeness (QED) is 0.920. The molecule has 1 unspecified atom stereocenters. The summed E-state index contributed by atoms with van der Waals surface area (Å²) >= 11 is 0. The van der Waals surface area contributed by atoms with Crippen molar-refractivity contribution in [2.45, 2.75) is 64.4 Å². The highest BCUT2D eigenvalue weighted by Crippen LogP contribution is 2.37. The number of hydrogen-bond acceptors (Lipinski definition) is 3. The van der Waals surface area contributed by atoms with Crippen molar-refractivity contribution < 1.29 is 9.47 Å². The highest BCUT2D eigenvalue weighted by atomic mass is 16.7. The van der Waals surface area contributed by atoms with Crippen molar-refractivity contribution in [2.75, 3.05) is 13.2 Å². The van der Waals surface area contributed by atoms with Gasteiger partial charge < -0.3 is 14.8 Å². The number of benzene rings is 1. The van der Waals surface area contributed by atoms with Crippen molar-refractivity contribution >= 4 is 0 Å². The Bertz CT molecular complexity index is 480. The lowest BCUT2D eigenvalue weighted by atomic mass is 9.94. The van der Waals surface area contributed by atoms with Crippen molar-refractivity contribution in [3.8, 4) is 0 Å². The van der Waals surface area contributed by atoms with Gasteiger partial charge in [-0.05, 0) is 43.4 Å². The molecule has 1 heterocycles. The lowest BCUT2D eigenvalue weighted by molar-refractivity contribution is -0.186. The molecule has 1 aromatic carbocycles. The number of rotatable bonds is 4. The smallest absolute Gasteiger partial charge is 0.168 e. The van der Waals surface area contributed by atoms with Gasteiger partial charge in [-0.3, -0.25) is 0 Å². The first-order valence-corrected chi connectivity index (χ1v) is 8.26. The van der Waals surface area contributed by atoms with Crippen molar-refractivity contribution in [2.24, 2.45) is 0 Å². The Labute approximate surface area is 128 Å². The van der Waals surface area contributed by atoms with E-state index in [2.05, 4.69) is 37.4 Å². The lowest BCUT2D eigenvalue weighted by Gasteiger charge is -2.31. The van der Waals surface area contributed by atoms with Crippen molar-refractivity contribution in [3.63, 3.8) is 0 Å². The third kappa shape index (κ3) is 3.47. The third-order valence-corrected chi connectivity index (χ3v) is 4.93. The minimum atomic E-state index is -0.246. The van der Waals surface area contributed by atoms with Crippen LogP contribution in [-0.4, -0.2) is 25.0 Å². The first-order valence-electron chi connectivity index (χ1n) is 8.26. The molecule has 1 aliphatic carbocycles. The summed E-state index contributed by atoms with van der Waals surface area (Å²) in [6, 6.07) is 6.50. The largest absolute Gasteiger partial charge is 0.347 e. The molecule has 1 N–H and O–H groups in total. The van der Waals surface area contributed by atoms with Crippen molar-refractivity contribution in [1.29, 1.82) is 0 Å². The highest BCUT2D eigenvalue weighted by Gasteiger charge is 2.41. The van der Waals surface area contributed by atoms with E-state index in [0.717, 1.165) is 32.5 Å². The van der Waals surface area contributed by atoms with E-state index >= 15 is 0 Å². The molecular formula is C18H27NO2. The Kier molecular flexibility index (Phi) is 4.63. The van der Waals surface area contributed by atoms with Crippen LogP contribution in [0.25, 0.3) is 0 Å². The van der Waals surface area contributed by atoms with Crippen LogP contribution < -0.4 is 5.32 Å². The average molecular weight is 289 g/mol. The van der Waals surface area contributed by atoms with E-state index in [4.69, 9.17) is 9.47 Å². The molecule has 0 radical (unpaired) electrons. The van der Waals surface area contributed by atoms with Crippen LogP contribution in [0.15, 0.2) is 18.2 Å². The molecule has 0 amide bonds. The van der Waals surface area contributed by atoms with Gasteiger partial charge in [-0.25, -0.2) is 0 Å². The van der Waals surface area contributed by atoms with Crippen LogP contribution in [0.5, 0.6) is 0 Å². The molecule has 1 aliphatic heterocycles. The van der Waals surface area contributed by atoms with Crippen LogP contribution >= 0.6 is 0 Å². The van der Waals surface area contributed by atoms with Crippen LogP contribution in [0, 0.1) is 13.8 Å². The van der Waals surface area contributed by atoms with Crippen LogP contribution in [0.4, 0.5) is 0 Å². The summed E-state index contributed by atoms with van der Waals surface area (Å²) in [6.07, 6.45) is 6.14. The van der Waals surface area contributed by atoms with Gasteiger partial charge in [0.25, 0.3) is 0 Å². The summed E-state index contributed by atoms with van der Waals surface area (Å²) < 4.78 is 12.2. The zero-order valence-corrected chi connectivity index (χ0v) is 13.3. The number of aryl methyl sites for hydroxylation is 1. The second-order valence-corrected chi connectivity index (χ2v) is 6.51. The number of nitrogens with one attached hydrogen (secondary N) is 1. The molecular weight excluding hydrogens is 262 g/mol. The molecule has 1 spiro atoms. The molecule has 1 saturated carbocycles. The number of hydrogen-bond donors (Lipinski definition) is 1. The lowest BCUT2D eigenvalue weighted by Crippen LogP contribution is -2.35. The van der Waals surface area contributed by atoms with Gasteiger partial charge in [0, 0.05) is 25.9 Å². The minimum Gasteiger partial charge on any atom is -0.347 e. The Balaban J connectivity index is 1.47. The molecule has 0 aromatic heterocycles. The highest BCUT2D eigenvalue weighted by molar-refractivity contribution is 5.32. The van der Waals surface area contributed by atoms with Crippen LogP contribution in [0.1, 0.15) is 48.8 Å². The van der Waals surface area contributed by atoms with E-state index < -0.39 is 0 Å². The maximum Gasteiger partial charge on any atom is 0.168 e. The molecule has 1 aromatic rings. The predicted octanol–water partition coefficient (Wildman–Crippen LogP) is 3.47. The predicted molar refractivity (Wildman–Crippen MR) is 84.3 cm³/mol. The zero-order chi connectivity index (χ0) is 14.7. The van der Waals surface area contributed by atoms with Gasteiger partial charge in [-0.15, -0.1) is 0 Å². The van der Waals surface area contributed by atoms with Gasteiger partial charge >= 0.3 is 0 Å². The van der Waals surface area contributed by atoms with Gasteiger partial charge in [-0.1, -0.05) is 24.6 Å². The molecule has 1 saturated heterocycles. The standard InChI is InChI=1S/C18H27NO2/c1-14-7-6-8-16(15(14)2)11-19-12-17-13-20-18(21-17)9-4-3-5-10-18/h6-8,17,19H,3-5,9-13H2,1-2H3. The third-order valence-electron chi connectivity index (χ3n) is 4.93. The van der Waals surface area contributed by atoms with Crippen LogP contribution in [0.3, 0.4) is 0 Å². The molecule has 3 nitrogen and oxygen atoms in total. The normalized spacial score (nSPS) is 24.6. The fraction of sp³-hybridized carbons (Fsp3) is 0.667. The molecule has 116 valence electrons. The number of ether oxygens (including phenoxy) is 2. The van der Waals surface area contributed by atoms with Gasteiger partial charge in [0.15, 0.2) is 5.79 Å².